The van der Waals surface area contributed by atoms with Gasteiger partial charge in [0, 0.05) is 42.4 Å². The van der Waals surface area contributed by atoms with Gasteiger partial charge in [0.2, 0.25) is 0 Å². The first kappa shape index (κ1) is 24.0. The Balaban J connectivity index is 1.37. The highest BCUT2D eigenvalue weighted by Crippen LogP contribution is 2.40. The number of likely N-dealkylation sites (tertiary alicyclic amines) is 1. The summed E-state index contributed by atoms with van der Waals surface area (Å²) < 4.78 is 44.0. The minimum atomic E-state index is -4.51. The van der Waals surface area contributed by atoms with Gasteiger partial charge in [0.05, 0.1) is 17.8 Å². The van der Waals surface area contributed by atoms with Crippen molar-refractivity contribution >= 4 is 22.9 Å². The summed E-state index contributed by atoms with van der Waals surface area (Å²) >= 11 is 1.50. The molecule has 6 nitrogen and oxygen atoms in total. The van der Waals surface area contributed by atoms with Crippen LogP contribution >= 0.6 is 11.3 Å². The van der Waals surface area contributed by atoms with Gasteiger partial charge in [0.15, 0.2) is 0 Å². The molecule has 2 aliphatic rings. The molecule has 0 saturated carbocycles. The Morgan fingerprint density at radius 3 is 2.74 bits per heavy atom. The van der Waals surface area contributed by atoms with Crippen molar-refractivity contribution in [1.29, 1.82) is 0 Å². The first-order valence-electron chi connectivity index (χ1n) is 11.9. The minimum absolute atomic E-state index is 0.0660. The molecule has 35 heavy (non-hydrogen) atoms. The van der Waals surface area contributed by atoms with Crippen LogP contribution in [-0.2, 0) is 39.2 Å². The molecule has 0 unspecified atom stereocenters. The number of hydrogen-bond acceptors (Lipinski definition) is 5. The molecule has 2 aliphatic heterocycles. The fourth-order valence-electron chi connectivity index (χ4n) is 5.12. The lowest BCUT2D eigenvalue weighted by atomic mass is 9.96. The average Bonchev–Trinajstić information content (AvgIpc) is 3.51. The molecule has 2 aromatic heterocycles. The molecule has 0 spiro atoms. The molecule has 0 N–H and O–H groups in total. The van der Waals surface area contributed by atoms with Gasteiger partial charge in [-0.25, -0.2) is 0 Å². The van der Waals surface area contributed by atoms with Crippen LogP contribution in [0, 0.1) is 5.92 Å². The standard InChI is InChI=1S/C25H28F3N5OS/c1-16-4-3-7-32(11-16)12-17-8-20-21(22(9-17)25(26,27)28)13-33(24(20)34)18-10-19(35-14-18)5-6-23-30-29-15-31(23)2/h8-10,14-16H,3-7,11-13H2,1-2H3/t16-/m0/s1. The van der Waals surface area contributed by atoms with Crippen LogP contribution in [0.25, 0.3) is 0 Å². The van der Waals surface area contributed by atoms with Crippen molar-refractivity contribution in [2.24, 2.45) is 13.0 Å². The Kier molecular flexibility index (Phi) is 6.43. The molecule has 10 heteroatoms. The first-order valence-corrected chi connectivity index (χ1v) is 12.7. The highest BCUT2D eigenvalue weighted by molar-refractivity contribution is 7.10. The molecule has 1 atom stereocenters. The first-order chi connectivity index (χ1) is 16.7. The van der Waals surface area contributed by atoms with Gasteiger partial charge in [-0.3, -0.25) is 9.69 Å². The third-order valence-electron chi connectivity index (χ3n) is 6.91. The number of hydrogen-bond donors (Lipinski definition) is 0. The topological polar surface area (TPSA) is 54.3 Å². The number of amides is 1. The molecule has 4 heterocycles. The average molecular weight is 504 g/mol. The lowest BCUT2D eigenvalue weighted by Gasteiger charge is -2.31. The summed E-state index contributed by atoms with van der Waals surface area (Å²) in [5.41, 5.74) is 0.749. The summed E-state index contributed by atoms with van der Waals surface area (Å²) in [7, 11) is 1.88. The van der Waals surface area contributed by atoms with E-state index in [-0.39, 0.29) is 23.6 Å². The number of halogens is 3. The summed E-state index contributed by atoms with van der Waals surface area (Å²) in [4.78, 5) is 18.0. The van der Waals surface area contributed by atoms with Crippen molar-refractivity contribution < 1.29 is 18.0 Å². The maximum Gasteiger partial charge on any atom is 0.416 e. The zero-order valence-electron chi connectivity index (χ0n) is 19.8. The summed E-state index contributed by atoms with van der Waals surface area (Å²) in [6, 6.07) is 4.82. The summed E-state index contributed by atoms with van der Waals surface area (Å²) in [5, 5.41) is 9.81. The lowest BCUT2D eigenvalue weighted by Crippen LogP contribution is -2.33. The van der Waals surface area contributed by atoms with E-state index in [1.807, 2.05) is 23.1 Å². The van der Waals surface area contributed by atoms with Gasteiger partial charge in [-0.15, -0.1) is 21.5 Å². The van der Waals surface area contributed by atoms with Gasteiger partial charge in [-0.2, -0.15) is 13.2 Å². The number of rotatable bonds is 6. The van der Waals surface area contributed by atoms with Crippen molar-refractivity contribution in [2.75, 3.05) is 18.0 Å². The van der Waals surface area contributed by atoms with Crippen molar-refractivity contribution in [3.8, 4) is 0 Å². The summed E-state index contributed by atoms with van der Waals surface area (Å²) in [6.07, 6.45) is 0.736. The van der Waals surface area contributed by atoms with Gasteiger partial charge in [-0.1, -0.05) is 6.92 Å². The molecule has 5 rings (SSSR count). The number of aromatic nitrogens is 3. The Hall–Kier alpha value is -2.72. The molecule has 1 aromatic carbocycles. The third-order valence-corrected chi connectivity index (χ3v) is 7.89. The molecule has 0 aliphatic carbocycles. The van der Waals surface area contributed by atoms with E-state index in [0.717, 1.165) is 43.1 Å². The molecule has 1 saturated heterocycles. The van der Waals surface area contributed by atoms with Crippen LogP contribution in [0.15, 0.2) is 29.9 Å². The zero-order valence-corrected chi connectivity index (χ0v) is 20.6. The summed E-state index contributed by atoms with van der Waals surface area (Å²) in [6.45, 7) is 4.27. The van der Waals surface area contributed by atoms with E-state index < -0.39 is 11.7 Å². The number of carbonyl (C=O) groups excluding carboxylic acids is 1. The Bertz CT molecular complexity index is 1230. The molecule has 3 aromatic rings. The number of aryl methyl sites for hydroxylation is 3. The molecule has 1 amide bonds. The molecule has 1 fully saturated rings. The normalized spacial score (nSPS) is 18.9. The van der Waals surface area contributed by atoms with Crippen LogP contribution in [0.4, 0.5) is 18.9 Å². The maximum atomic E-state index is 14.0. The van der Waals surface area contributed by atoms with E-state index in [4.69, 9.17) is 0 Å². The van der Waals surface area contributed by atoms with Gasteiger partial charge in [0.1, 0.15) is 12.2 Å². The largest absolute Gasteiger partial charge is 0.416 e. The van der Waals surface area contributed by atoms with E-state index in [2.05, 4.69) is 22.0 Å². The number of alkyl halides is 3. The van der Waals surface area contributed by atoms with Gasteiger partial charge in [-0.05, 0) is 61.1 Å². The fourth-order valence-corrected chi connectivity index (χ4v) is 6.00. The predicted molar refractivity (Wildman–Crippen MR) is 128 cm³/mol. The molecular weight excluding hydrogens is 475 g/mol. The number of nitrogens with zero attached hydrogens (tertiary/aromatic N) is 5. The molecular formula is C25H28F3N5OS. The molecule has 186 valence electrons. The quantitative estimate of drug-likeness (QED) is 0.471. The lowest BCUT2D eigenvalue weighted by molar-refractivity contribution is -0.138. The number of thiophene rings is 1. The van der Waals surface area contributed by atoms with Crippen LogP contribution in [0.2, 0.25) is 0 Å². The van der Waals surface area contributed by atoms with Gasteiger partial charge in [0.25, 0.3) is 5.91 Å². The second-order valence-electron chi connectivity index (χ2n) is 9.67. The van der Waals surface area contributed by atoms with Crippen LogP contribution in [0.3, 0.4) is 0 Å². The highest BCUT2D eigenvalue weighted by Gasteiger charge is 2.40. The predicted octanol–water partition coefficient (Wildman–Crippen LogP) is 5.07. The van der Waals surface area contributed by atoms with Gasteiger partial charge < -0.3 is 9.47 Å². The van der Waals surface area contributed by atoms with E-state index in [1.165, 1.54) is 22.3 Å². The van der Waals surface area contributed by atoms with E-state index in [1.54, 1.807) is 12.4 Å². The van der Waals surface area contributed by atoms with Crippen molar-refractivity contribution in [3.05, 3.63) is 62.9 Å². The van der Waals surface area contributed by atoms with Crippen LogP contribution in [-0.4, -0.2) is 38.7 Å². The molecule has 0 radical (unpaired) electrons. The Labute approximate surface area is 206 Å². The van der Waals surface area contributed by atoms with Crippen LogP contribution in [0.1, 0.15) is 57.5 Å². The van der Waals surface area contributed by atoms with Crippen LogP contribution < -0.4 is 4.90 Å². The highest BCUT2D eigenvalue weighted by atomic mass is 32.1. The molecule has 0 bridgehead atoms. The number of fused-ring (bicyclic) bond motifs is 1. The second-order valence-corrected chi connectivity index (χ2v) is 10.7. The Morgan fingerprint density at radius 2 is 2.03 bits per heavy atom. The van der Waals surface area contributed by atoms with E-state index >= 15 is 0 Å². The number of anilines is 1. The summed E-state index contributed by atoms with van der Waals surface area (Å²) in [5.74, 6) is 1.02. The van der Waals surface area contributed by atoms with Crippen LogP contribution in [0.5, 0.6) is 0 Å². The van der Waals surface area contributed by atoms with Crippen molar-refractivity contribution in [3.63, 3.8) is 0 Å². The number of benzene rings is 1. The second kappa shape index (κ2) is 9.39. The fraction of sp³-hybridized carbons (Fsp3) is 0.480. The third kappa shape index (κ3) is 4.99. The van der Waals surface area contributed by atoms with E-state index in [9.17, 15) is 18.0 Å². The maximum absolute atomic E-state index is 14.0. The van der Waals surface area contributed by atoms with Crippen molar-refractivity contribution in [2.45, 2.75) is 51.9 Å². The minimum Gasteiger partial charge on any atom is -0.321 e. The monoisotopic (exact) mass is 503 g/mol. The number of piperidine rings is 1. The Morgan fingerprint density at radius 1 is 1.20 bits per heavy atom. The smallest absolute Gasteiger partial charge is 0.321 e. The SMILES string of the molecule is C[C@H]1CCCN(Cc2cc3c(c(C(F)(F)F)c2)CN(c2csc(CCc4nncn4C)c2)C3=O)C1. The van der Waals surface area contributed by atoms with Crippen molar-refractivity contribution in [1.82, 2.24) is 19.7 Å². The van der Waals surface area contributed by atoms with Gasteiger partial charge >= 0.3 is 6.18 Å². The number of carbonyl (C=O) groups is 1. The zero-order chi connectivity index (χ0) is 24.7. The van der Waals surface area contributed by atoms with E-state index in [0.29, 0.717) is 30.1 Å².